The monoisotopic (exact) mass is 166 g/mol. The third kappa shape index (κ3) is 2.81. The number of benzene rings is 1. The lowest BCUT2D eigenvalue weighted by molar-refractivity contribution is -0.109. The minimum Gasteiger partial charge on any atom is -0.295 e. The van der Waals surface area contributed by atoms with Gasteiger partial charge in [-0.05, 0) is 27.7 Å². The van der Waals surface area contributed by atoms with E-state index in [0.29, 0.717) is 8.58 Å². The van der Waals surface area contributed by atoms with Crippen LogP contribution in [0.5, 0.6) is 0 Å². The molecule has 0 saturated carbocycles. The predicted molar refractivity (Wildman–Crippen MR) is 49.8 cm³/mol. The minimum absolute atomic E-state index is 0.244. The Morgan fingerprint density at radius 1 is 1.27 bits per heavy atom. The molecule has 0 aliphatic carbocycles. The molecule has 0 bridgehead atoms. The summed E-state index contributed by atoms with van der Waals surface area (Å²) >= 11 is 0. The first kappa shape index (κ1) is 8.42. The van der Waals surface area contributed by atoms with Crippen molar-refractivity contribution in [2.45, 2.75) is 13.8 Å². The molecule has 58 valence electrons. The van der Waals surface area contributed by atoms with E-state index >= 15 is 0 Å². The van der Waals surface area contributed by atoms with Gasteiger partial charge in [-0.3, -0.25) is 4.79 Å². The van der Waals surface area contributed by atoms with Crippen LogP contribution < -0.4 is 5.30 Å². The van der Waals surface area contributed by atoms with Crippen LogP contribution in [0.4, 0.5) is 0 Å². The first-order valence-electron chi connectivity index (χ1n) is 3.53. The zero-order valence-electron chi connectivity index (χ0n) is 6.72. The van der Waals surface area contributed by atoms with Gasteiger partial charge in [0.25, 0.3) is 0 Å². The molecule has 1 rings (SSSR count). The van der Waals surface area contributed by atoms with Crippen molar-refractivity contribution in [2.24, 2.45) is 0 Å². The van der Waals surface area contributed by atoms with Crippen LogP contribution in [-0.2, 0) is 4.79 Å². The summed E-state index contributed by atoms with van der Waals surface area (Å²) in [5.74, 6) is 0. The summed E-state index contributed by atoms with van der Waals surface area (Å²) in [4.78, 5) is 10.7. The van der Waals surface area contributed by atoms with Gasteiger partial charge < -0.3 is 0 Å². The van der Waals surface area contributed by atoms with Crippen LogP contribution in [0.1, 0.15) is 12.5 Å². The van der Waals surface area contributed by atoms with Gasteiger partial charge in [-0.25, -0.2) is 0 Å². The third-order valence-electron chi connectivity index (χ3n) is 1.37. The van der Waals surface area contributed by atoms with E-state index in [1.165, 1.54) is 5.56 Å². The molecule has 1 atom stereocenters. The van der Waals surface area contributed by atoms with Crippen LogP contribution in [0.25, 0.3) is 0 Å². The molecule has 1 aromatic rings. The van der Waals surface area contributed by atoms with E-state index in [9.17, 15) is 4.79 Å². The molecule has 2 heteroatoms. The number of aryl methyl sites for hydroxylation is 1. The molecule has 1 aromatic carbocycles. The second-order valence-electron chi connectivity index (χ2n) is 2.55. The van der Waals surface area contributed by atoms with Crippen molar-refractivity contribution in [3.63, 3.8) is 0 Å². The summed E-state index contributed by atoms with van der Waals surface area (Å²) in [7, 11) is 0.318. The largest absolute Gasteiger partial charge is 0.295 e. The highest BCUT2D eigenvalue weighted by molar-refractivity contribution is 7.65. The Labute approximate surface area is 68.6 Å². The first-order chi connectivity index (χ1) is 5.18. The molecule has 0 radical (unpaired) electrons. The molecule has 0 heterocycles. The number of hydrogen-bond acceptors (Lipinski definition) is 1. The van der Waals surface area contributed by atoms with Gasteiger partial charge in [0.15, 0.2) is 5.52 Å². The fourth-order valence-electron chi connectivity index (χ4n) is 0.840. The molecule has 0 saturated heterocycles. The molecule has 0 fully saturated rings. The standard InChI is InChI=1S/C9H11OP/c1-7-3-5-9(6-4-7)11-8(2)10/h3-6,11H,1-2H3. The second kappa shape index (κ2) is 3.64. The van der Waals surface area contributed by atoms with Crippen molar-refractivity contribution >= 4 is 19.4 Å². The Morgan fingerprint density at radius 2 is 1.82 bits per heavy atom. The highest BCUT2D eigenvalue weighted by atomic mass is 31.1. The van der Waals surface area contributed by atoms with Gasteiger partial charge >= 0.3 is 0 Å². The zero-order chi connectivity index (χ0) is 8.27. The highest BCUT2D eigenvalue weighted by Crippen LogP contribution is 2.10. The first-order valence-corrected chi connectivity index (χ1v) is 4.53. The van der Waals surface area contributed by atoms with Gasteiger partial charge in [0.1, 0.15) is 0 Å². The third-order valence-corrected chi connectivity index (χ3v) is 2.35. The van der Waals surface area contributed by atoms with E-state index in [-0.39, 0.29) is 5.52 Å². The Balaban J connectivity index is 2.74. The van der Waals surface area contributed by atoms with E-state index < -0.39 is 0 Å². The van der Waals surface area contributed by atoms with E-state index in [0.717, 1.165) is 5.30 Å². The van der Waals surface area contributed by atoms with E-state index in [2.05, 4.69) is 0 Å². The normalized spacial score (nSPS) is 10.7. The van der Waals surface area contributed by atoms with Gasteiger partial charge in [0, 0.05) is 0 Å². The van der Waals surface area contributed by atoms with Crippen molar-refractivity contribution in [1.29, 1.82) is 0 Å². The fourth-order valence-corrected chi connectivity index (χ4v) is 1.58. The lowest BCUT2D eigenvalue weighted by Gasteiger charge is -1.96. The maximum absolute atomic E-state index is 10.7. The summed E-state index contributed by atoms with van der Waals surface area (Å²) in [5.41, 5.74) is 1.48. The van der Waals surface area contributed by atoms with E-state index in [1.807, 2.05) is 31.2 Å². The van der Waals surface area contributed by atoms with Crippen molar-refractivity contribution in [3.8, 4) is 0 Å². The molecule has 0 aromatic heterocycles. The number of hydrogen-bond donors (Lipinski definition) is 0. The van der Waals surface area contributed by atoms with E-state index in [1.54, 1.807) is 6.92 Å². The van der Waals surface area contributed by atoms with Crippen molar-refractivity contribution in [1.82, 2.24) is 0 Å². The molecule has 1 nitrogen and oxygen atoms in total. The Kier molecular flexibility index (Phi) is 2.78. The van der Waals surface area contributed by atoms with Gasteiger partial charge in [-0.2, -0.15) is 0 Å². The molecule has 11 heavy (non-hydrogen) atoms. The molecular formula is C9H11OP. The van der Waals surface area contributed by atoms with Crippen molar-refractivity contribution in [3.05, 3.63) is 29.8 Å². The molecular weight excluding hydrogens is 155 g/mol. The Hall–Kier alpha value is -0.680. The van der Waals surface area contributed by atoms with Crippen LogP contribution in [0.2, 0.25) is 0 Å². The van der Waals surface area contributed by atoms with E-state index in [4.69, 9.17) is 0 Å². The van der Waals surface area contributed by atoms with Crippen molar-refractivity contribution in [2.75, 3.05) is 0 Å². The lowest BCUT2D eigenvalue weighted by Crippen LogP contribution is -1.96. The van der Waals surface area contributed by atoms with Gasteiger partial charge in [0.05, 0.1) is 0 Å². The van der Waals surface area contributed by atoms with Gasteiger partial charge in [-0.1, -0.05) is 29.8 Å². The number of rotatable bonds is 2. The maximum Gasteiger partial charge on any atom is 0.152 e. The van der Waals surface area contributed by atoms with Crippen LogP contribution in [0, 0.1) is 6.92 Å². The van der Waals surface area contributed by atoms with Gasteiger partial charge in [0.2, 0.25) is 0 Å². The Morgan fingerprint density at radius 3 is 2.27 bits per heavy atom. The molecule has 1 unspecified atom stereocenters. The molecule has 0 amide bonds. The summed E-state index contributed by atoms with van der Waals surface area (Å²) in [6.45, 7) is 3.67. The summed E-state index contributed by atoms with van der Waals surface area (Å²) in [6.07, 6.45) is 0. The van der Waals surface area contributed by atoms with Crippen molar-refractivity contribution < 1.29 is 4.79 Å². The fraction of sp³-hybridized carbons (Fsp3) is 0.222. The quantitative estimate of drug-likeness (QED) is 0.613. The summed E-state index contributed by atoms with van der Waals surface area (Å²) in [6, 6.07) is 8.08. The van der Waals surface area contributed by atoms with Crippen LogP contribution >= 0.6 is 8.58 Å². The minimum atomic E-state index is 0.244. The SMILES string of the molecule is CC(=O)Pc1ccc(C)cc1. The lowest BCUT2D eigenvalue weighted by atomic mass is 10.2. The molecule has 0 aliphatic heterocycles. The zero-order valence-corrected chi connectivity index (χ0v) is 7.72. The average molecular weight is 166 g/mol. The molecule has 0 aliphatic rings. The predicted octanol–water partition coefficient (Wildman–Crippen LogP) is 1.85. The topological polar surface area (TPSA) is 17.1 Å². The Bertz CT molecular complexity index is 251. The summed E-state index contributed by atoms with van der Waals surface area (Å²) in [5, 5.41) is 1.13. The second-order valence-corrected chi connectivity index (χ2v) is 4.08. The molecule has 0 N–H and O–H groups in total. The number of carbonyl (C=O) groups is 1. The average Bonchev–Trinajstić information content (AvgIpc) is 1.93. The number of carbonyl (C=O) groups excluding carboxylic acids is 1. The smallest absolute Gasteiger partial charge is 0.152 e. The highest BCUT2D eigenvalue weighted by Gasteiger charge is 1.94. The molecule has 0 spiro atoms. The summed E-state index contributed by atoms with van der Waals surface area (Å²) < 4.78 is 0. The maximum atomic E-state index is 10.7. The van der Waals surface area contributed by atoms with Gasteiger partial charge in [-0.15, -0.1) is 0 Å². The van der Waals surface area contributed by atoms with Crippen LogP contribution in [0.15, 0.2) is 24.3 Å². The van der Waals surface area contributed by atoms with Crippen LogP contribution in [-0.4, -0.2) is 5.52 Å². The van der Waals surface area contributed by atoms with Crippen LogP contribution in [0.3, 0.4) is 0 Å².